The summed E-state index contributed by atoms with van der Waals surface area (Å²) in [4.78, 5) is 0. The van der Waals surface area contributed by atoms with Crippen molar-refractivity contribution in [3.05, 3.63) is 22.7 Å². The first-order valence-corrected chi connectivity index (χ1v) is 7.16. The Morgan fingerprint density at radius 3 is 2.76 bits per heavy atom. The summed E-state index contributed by atoms with van der Waals surface area (Å²) in [6, 6.07) is 6.13. The van der Waals surface area contributed by atoms with Gasteiger partial charge in [-0.2, -0.15) is 0 Å². The van der Waals surface area contributed by atoms with Crippen molar-refractivity contribution in [1.82, 2.24) is 0 Å². The minimum atomic E-state index is 0.881. The van der Waals surface area contributed by atoms with Crippen molar-refractivity contribution >= 4 is 21.6 Å². The van der Waals surface area contributed by atoms with Gasteiger partial charge in [0.1, 0.15) is 5.75 Å². The predicted molar refractivity (Wildman–Crippen MR) is 75.8 cm³/mol. The molecule has 0 radical (unpaired) electrons. The second-order valence-electron chi connectivity index (χ2n) is 4.72. The number of ether oxygens (including phenoxy) is 1. The molecule has 2 nitrogen and oxygen atoms in total. The minimum absolute atomic E-state index is 0.881. The molecule has 1 aliphatic rings. The molecule has 1 N–H and O–H groups in total. The van der Waals surface area contributed by atoms with Crippen LogP contribution in [0.4, 0.5) is 5.69 Å². The zero-order valence-electron chi connectivity index (χ0n) is 10.3. The number of rotatable bonds is 5. The molecule has 1 aromatic rings. The summed E-state index contributed by atoms with van der Waals surface area (Å²) in [5.41, 5.74) is 1.16. The van der Waals surface area contributed by atoms with Crippen molar-refractivity contribution < 1.29 is 4.74 Å². The number of halogens is 1. The smallest absolute Gasteiger partial charge is 0.133 e. The third-order valence-corrected chi connectivity index (χ3v) is 4.13. The third kappa shape index (κ3) is 3.63. The molecule has 0 amide bonds. The predicted octanol–water partition coefficient (Wildman–Crippen LogP) is 4.45. The Labute approximate surface area is 112 Å². The van der Waals surface area contributed by atoms with E-state index in [0.717, 1.165) is 28.4 Å². The second kappa shape index (κ2) is 6.29. The molecule has 3 heteroatoms. The van der Waals surface area contributed by atoms with Gasteiger partial charge in [0.2, 0.25) is 0 Å². The largest absolute Gasteiger partial charge is 0.496 e. The molecule has 0 spiro atoms. The zero-order chi connectivity index (χ0) is 12.1. The first-order valence-electron chi connectivity index (χ1n) is 6.37. The molecule has 0 aliphatic heterocycles. The number of anilines is 1. The topological polar surface area (TPSA) is 21.3 Å². The lowest BCUT2D eigenvalue weighted by molar-refractivity contribution is 0.412. The fourth-order valence-electron chi connectivity index (χ4n) is 2.50. The molecule has 1 aromatic carbocycles. The van der Waals surface area contributed by atoms with Crippen LogP contribution in [0.5, 0.6) is 5.75 Å². The molecule has 0 bridgehead atoms. The van der Waals surface area contributed by atoms with E-state index in [1.54, 1.807) is 7.11 Å². The summed E-state index contributed by atoms with van der Waals surface area (Å²) in [7, 11) is 1.69. The maximum atomic E-state index is 5.21. The normalized spacial score (nSPS) is 16.1. The van der Waals surface area contributed by atoms with Gasteiger partial charge in [-0.1, -0.05) is 25.7 Å². The van der Waals surface area contributed by atoms with Crippen LogP contribution in [0, 0.1) is 5.92 Å². The van der Waals surface area contributed by atoms with Crippen molar-refractivity contribution in [2.24, 2.45) is 5.92 Å². The van der Waals surface area contributed by atoms with E-state index < -0.39 is 0 Å². The monoisotopic (exact) mass is 297 g/mol. The quantitative estimate of drug-likeness (QED) is 0.867. The molecular formula is C14H20BrNO. The van der Waals surface area contributed by atoms with Crippen molar-refractivity contribution in [3.63, 3.8) is 0 Å². The lowest BCUT2D eigenvalue weighted by Gasteiger charge is -2.12. The Kier molecular flexibility index (Phi) is 4.72. The molecule has 94 valence electrons. The number of nitrogens with one attached hydrogen (secondary N) is 1. The average Bonchev–Trinajstić information content (AvgIpc) is 2.82. The molecule has 2 rings (SSSR count). The Balaban J connectivity index is 1.80. The first kappa shape index (κ1) is 12.7. The highest BCUT2D eigenvalue weighted by Crippen LogP contribution is 2.29. The van der Waals surface area contributed by atoms with Crippen LogP contribution in [0.15, 0.2) is 22.7 Å². The Morgan fingerprint density at radius 2 is 2.12 bits per heavy atom. The molecule has 17 heavy (non-hydrogen) atoms. The summed E-state index contributed by atoms with van der Waals surface area (Å²) >= 11 is 3.50. The number of hydrogen-bond donors (Lipinski definition) is 1. The molecular weight excluding hydrogens is 278 g/mol. The van der Waals surface area contributed by atoms with Crippen molar-refractivity contribution in [2.75, 3.05) is 19.0 Å². The van der Waals surface area contributed by atoms with Crippen LogP contribution >= 0.6 is 15.9 Å². The first-order chi connectivity index (χ1) is 8.29. The van der Waals surface area contributed by atoms with E-state index in [1.165, 1.54) is 32.1 Å². The van der Waals surface area contributed by atoms with Crippen LogP contribution < -0.4 is 10.1 Å². The molecule has 0 aromatic heterocycles. The van der Waals surface area contributed by atoms with Gasteiger partial charge in [0, 0.05) is 12.2 Å². The number of methoxy groups -OCH3 is 1. The van der Waals surface area contributed by atoms with Crippen LogP contribution in [-0.2, 0) is 0 Å². The average molecular weight is 298 g/mol. The van der Waals surface area contributed by atoms with Crippen LogP contribution in [0.3, 0.4) is 0 Å². The van der Waals surface area contributed by atoms with Crippen LogP contribution in [0.1, 0.15) is 32.1 Å². The fraction of sp³-hybridized carbons (Fsp3) is 0.571. The second-order valence-corrected chi connectivity index (χ2v) is 5.57. The van der Waals surface area contributed by atoms with E-state index in [9.17, 15) is 0 Å². The van der Waals surface area contributed by atoms with E-state index in [2.05, 4.69) is 33.4 Å². The number of hydrogen-bond acceptors (Lipinski definition) is 2. The maximum absolute atomic E-state index is 5.21. The molecule has 1 aliphatic carbocycles. The lowest BCUT2D eigenvalue weighted by Crippen LogP contribution is -2.06. The minimum Gasteiger partial charge on any atom is -0.496 e. The van der Waals surface area contributed by atoms with Gasteiger partial charge in [-0.05, 0) is 46.5 Å². The molecule has 0 heterocycles. The molecule has 0 saturated heterocycles. The number of benzene rings is 1. The van der Waals surface area contributed by atoms with Gasteiger partial charge in [-0.3, -0.25) is 0 Å². The summed E-state index contributed by atoms with van der Waals surface area (Å²) in [5, 5.41) is 3.48. The highest BCUT2D eigenvalue weighted by Gasteiger charge is 2.14. The molecule has 1 fully saturated rings. The van der Waals surface area contributed by atoms with E-state index in [4.69, 9.17) is 4.74 Å². The standard InChI is InChI=1S/C14H20BrNO/c1-17-14-7-6-12(10-13(14)15)16-9-8-11-4-2-3-5-11/h6-7,10-11,16H,2-5,8-9H2,1H3. The van der Waals surface area contributed by atoms with Crippen LogP contribution in [0.2, 0.25) is 0 Å². The van der Waals surface area contributed by atoms with E-state index >= 15 is 0 Å². The molecule has 1 saturated carbocycles. The summed E-state index contributed by atoms with van der Waals surface area (Å²) in [6.45, 7) is 1.07. The van der Waals surface area contributed by atoms with Crippen molar-refractivity contribution in [1.29, 1.82) is 0 Å². The van der Waals surface area contributed by atoms with Gasteiger partial charge in [0.25, 0.3) is 0 Å². The van der Waals surface area contributed by atoms with E-state index in [1.807, 2.05) is 6.07 Å². The highest BCUT2D eigenvalue weighted by atomic mass is 79.9. The maximum Gasteiger partial charge on any atom is 0.133 e. The summed E-state index contributed by atoms with van der Waals surface area (Å²) in [5.74, 6) is 1.83. The van der Waals surface area contributed by atoms with Gasteiger partial charge < -0.3 is 10.1 Å². The highest BCUT2D eigenvalue weighted by molar-refractivity contribution is 9.10. The van der Waals surface area contributed by atoms with Crippen LogP contribution in [-0.4, -0.2) is 13.7 Å². The van der Waals surface area contributed by atoms with E-state index in [-0.39, 0.29) is 0 Å². The Hall–Kier alpha value is -0.700. The van der Waals surface area contributed by atoms with E-state index in [0.29, 0.717) is 0 Å². The summed E-state index contributed by atoms with van der Waals surface area (Å²) < 4.78 is 6.22. The van der Waals surface area contributed by atoms with Crippen LogP contribution in [0.25, 0.3) is 0 Å². The Bertz CT molecular complexity index is 361. The van der Waals surface area contributed by atoms with Gasteiger partial charge in [-0.25, -0.2) is 0 Å². The molecule has 0 unspecified atom stereocenters. The van der Waals surface area contributed by atoms with Crippen molar-refractivity contribution in [2.45, 2.75) is 32.1 Å². The van der Waals surface area contributed by atoms with Gasteiger partial charge in [0.15, 0.2) is 0 Å². The van der Waals surface area contributed by atoms with Crippen molar-refractivity contribution in [3.8, 4) is 5.75 Å². The van der Waals surface area contributed by atoms with Gasteiger partial charge >= 0.3 is 0 Å². The van der Waals surface area contributed by atoms with Gasteiger partial charge in [-0.15, -0.1) is 0 Å². The third-order valence-electron chi connectivity index (χ3n) is 3.51. The lowest BCUT2D eigenvalue weighted by atomic mass is 10.0. The summed E-state index contributed by atoms with van der Waals surface area (Å²) in [6.07, 6.45) is 7.00. The molecule has 0 atom stereocenters. The van der Waals surface area contributed by atoms with Gasteiger partial charge in [0.05, 0.1) is 11.6 Å². The SMILES string of the molecule is COc1ccc(NCCC2CCCC2)cc1Br. The Morgan fingerprint density at radius 1 is 1.35 bits per heavy atom. The fourth-order valence-corrected chi connectivity index (χ4v) is 3.04. The zero-order valence-corrected chi connectivity index (χ0v) is 11.9.